The Balaban J connectivity index is 2.34. The van der Waals surface area contributed by atoms with Gasteiger partial charge in [-0.3, -0.25) is 0 Å². The second kappa shape index (κ2) is 6.04. The molecule has 2 unspecified atom stereocenters. The summed E-state index contributed by atoms with van der Waals surface area (Å²) in [6.07, 6.45) is -0.750. The van der Waals surface area contributed by atoms with Crippen LogP contribution in [0, 0.1) is 0 Å². The lowest BCUT2D eigenvalue weighted by atomic mass is 9.94. The first kappa shape index (κ1) is 13.8. The SMILES string of the molecule is NCC(c1cccs1)C(O)c1cc(Cl)ccc1Cl. The van der Waals surface area contributed by atoms with Crippen LogP contribution in [0.5, 0.6) is 0 Å². The van der Waals surface area contributed by atoms with Crippen molar-refractivity contribution in [3.05, 3.63) is 56.2 Å². The maximum absolute atomic E-state index is 10.4. The molecule has 0 aliphatic heterocycles. The summed E-state index contributed by atoms with van der Waals surface area (Å²) in [6.45, 7) is 0.352. The summed E-state index contributed by atoms with van der Waals surface area (Å²) in [6, 6.07) is 8.97. The van der Waals surface area contributed by atoms with Gasteiger partial charge in [0.2, 0.25) is 0 Å². The van der Waals surface area contributed by atoms with Crippen LogP contribution in [0.2, 0.25) is 10.0 Å². The van der Waals surface area contributed by atoms with E-state index in [1.54, 1.807) is 29.5 Å². The Bertz CT molecular complexity index is 516. The molecular weight excluding hydrogens is 289 g/mol. The van der Waals surface area contributed by atoms with E-state index in [0.717, 1.165) is 4.88 Å². The van der Waals surface area contributed by atoms with E-state index in [1.165, 1.54) is 0 Å². The Labute approximate surface area is 120 Å². The average molecular weight is 302 g/mol. The molecule has 1 heterocycles. The van der Waals surface area contributed by atoms with Gasteiger partial charge in [0.15, 0.2) is 0 Å². The summed E-state index contributed by atoms with van der Waals surface area (Å²) in [5.41, 5.74) is 6.38. The highest BCUT2D eigenvalue weighted by molar-refractivity contribution is 7.10. The van der Waals surface area contributed by atoms with Crippen LogP contribution in [-0.4, -0.2) is 11.7 Å². The van der Waals surface area contributed by atoms with Crippen molar-refractivity contribution in [3.63, 3.8) is 0 Å². The number of thiophene rings is 1. The van der Waals surface area contributed by atoms with Crippen LogP contribution < -0.4 is 5.73 Å². The Hall–Kier alpha value is -0.580. The largest absolute Gasteiger partial charge is 0.388 e. The van der Waals surface area contributed by atoms with Crippen molar-refractivity contribution in [2.24, 2.45) is 5.73 Å². The number of hydrogen-bond donors (Lipinski definition) is 2. The Kier molecular flexibility index (Phi) is 4.65. The van der Waals surface area contributed by atoms with Crippen LogP contribution in [0.25, 0.3) is 0 Å². The first-order chi connectivity index (χ1) is 8.63. The summed E-state index contributed by atoms with van der Waals surface area (Å²) in [5, 5.41) is 13.5. The molecule has 0 saturated carbocycles. The highest BCUT2D eigenvalue weighted by Gasteiger charge is 2.24. The number of benzene rings is 1. The van der Waals surface area contributed by atoms with Gasteiger partial charge in [0.1, 0.15) is 0 Å². The van der Waals surface area contributed by atoms with Crippen molar-refractivity contribution in [1.82, 2.24) is 0 Å². The predicted octanol–water partition coefficient (Wildman–Crippen LogP) is 3.83. The number of nitrogens with two attached hydrogens (primary N) is 1. The third-order valence-electron chi connectivity index (χ3n) is 2.82. The number of hydrogen-bond acceptors (Lipinski definition) is 3. The van der Waals surface area contributed by atoms with Crippen molar-refractivity contribution < 1.29 is 5.11 Å². The lowest BCUT2D eigenvalue weighted by Gasteiger charge is -2.21. The third-order valence-corrected chi connectivity index (χ3v) is 4.40. The van der Waals surface area contributed by atoms with Gasteiger partial charge in [0.25, 0.3) is 0 Å². The smallest absolute Gasteiger partial charge is 0.0893 e. The van der Waals surface area contributed by atoms with E-state index in [0.29, 0.717) is 22.2 Å². The van der Waals surface area contributed by atoms with Gasteiger partial charge >= 0.3 is 0 Å². The first-order valence-electron chi connectivity index (χ1n) is 5.50. The topological polar surface area (TPSA) is 46.2 Å². The van der Waals surface area contributed by atoms with E-state index in [1.807, 2.05) is 17.5 Å². The summed E-state index contributed by atoms with van der Waals surface area (Å²) in [5.74, 6) is -0.166. The summed E-state index contributed by atoms with van der Waals surface area (Å²) in [4.78, 5) is 1.04. The normalized spacial score (nSPS) is 14.4. The van der Waals surface area contributed by atoms with Crippen molar-refractivity contribution in [3.8, 4) is 0 Å². The minimum Gasteiger partial charge on any atom is -0.388 e. The van der Waals surface area contributed by atoms with Crippen LogP contribution in [-0.2, 0) is 0 Å². The fourth-order valence-corrected chi connectivity index (χ4v) is 3.14. The van der Waals surface area contributed by atoms with Gasteiger partial charge in [-0.05, 0) is 29.6 Å². The maximum atomic E-state index is 10.4. The van der Waals surface area contributed by atoms with Crippen LogP contribution in [0.3, 0.4) is 0 Å². The molecule has 1 aromatic carbocycles. The van der Waals surface area contributed by atoms with Crippen LogP contribution in [0.15, 0.2) is 35.7 Å². The fourth-order valence-electron chi connectivity index (χ4n) is 1.86. The Morgan fingerprint density at radius 2 is 2.06 bits per heavy atom. The van der Waals surface area contributed by atoms with Crippen molar-refractivity contribution in [2.75, 3.05) is 6.54 Å². The monoisotopic (exact) mass is 301 g/mol. The Morgan fingerprint density at radius 1 is 1.28 bits per heavy atom. The van der Waals surface area contributed by atoms with E-state index in [-0.39, 0.29) is 5.92 Å². The van der Waals surface area contributed by atoms with E-state index >= 15 is 0 Å². The highest BCUT2D eigenvalue weighted by Crippen LogP contribution is 2.36. The second-order valence-electron chi connectivity index (χ2n) is 3.97. The lowest BCUT2D eigenvalue weighted by Crippen LogP contribution is -2.19. The quantitative estimate of drug-likeness (QED) is 0.901. The summed E-state index contributed by atoms with van der Waals surface area (Å²) < 4.78 is 0. The zero-order chi connectivity index (χ0) is 13.1. The van der Waals surface area contributed by atoms with Crippen LogP contribution >= 0.6 is 34.5 Å². The van der Waals surface area contributed by atoms with Crippen LogP contribution in [0.1, 0.15) is 22.5 Å². The zero-order valence-corrected chi connectivity index (χ0v) is 11.8. The molecule has 0 aliphatic carbocycles. The molecule has 96 valence electrons. The maximum Gasteiger partial charge on any atom is 0.0893 e. The molecule has 2 aromatic rings. The lowest BCUT2D eigenvalue weighted by molar-refractivity contribution is 0.149. The standard InChI is InChI=1S/C13H13Cl2NOS/c14-8-3-4-11(15)9(6-8)13(17)10(7-16)12-2-1-5-18-12/h1-6,10,13,17H,7,16H2. The van der Waals surface area contributed by atoms with Gasteiger partial charge in [-0.2, -0.15) is 0 Å². The van der Waals surface area contributed by atoms with Gasteiger partial charge in [-0.1, -0.05) is 29.3 Å². The minimum absolute atomic E-state index is 0.166. The molecule has 0 saturated heterocycles. The van der Waals surface area contributed by atoms with Crippen molar-refractivity contribution in [2.45, 2.75) is 12.0 Å². The van der Waals surface area contributed by atoms with Gasteiger partial charge in [-0.15, -0.1) is 11.3 Å². The summed E-state index contributed by atoms with van der Waals surface area (Å²) >= 11 is 13.6. The molecular formula is C13H13Cl2NOS. The first-order valence-corrected chi connectivity index (χ1v) is 7.13. The van der Waals surface area contributed by atoms with Crippen molar-refractivity contribution in [1.29, 1.82) is 0 Å². The molecule has 0 spiro atoms. The molecule has 2 nitrogen and oxygen atoms in total. The number of halogens is 2. The molecule has 0 amide bonds. The molecule has 0 radical (unpaired) electrons. The molecule has 3 N–H and O–H groups in total. The Morgan fingerprint density at radius 3 is 2.67 bits per heavy atom. The molecule has 2 rings (SSSR count). The minimum atomic E-state index is -0.750. The van der Waals surface area contributed by atoms with E-state index in [4.69, 9.17) is 28.9 Å². The van der Waals surface area contributed by atoms with Gasteiger partial charge in [0.05, 0.1) is 6.10 Å². The second-order valence-corrected chi connectivity index (χ2v) is 5.79. The van der Waals surface area contributed by atoms with Gasteiger partial charge in [0, 0.05) is 32.9 Å². The molecule has 1 aromatic heterocycles. The highest BCUT2D eigenvalue weighted by atomic mass is 35.5. The molecule has 0 fully saturated rings. The average Bonchev–Trinajstić information content (AvgIpc) is 2.87. The van der Waals surface area contributed by atoms with Crippen molar-refractivity contribution >= 4 is 34.5 Å². The van der Waals surface area contributed by atoms with Gasteiger partial charge in [-0.25, -0.2) is 0 Å². The van der Waals surface area contributed by atoms with Crippen LogP contribution in [0.4, 0.5) is 0 Å². The van der Waals surface area contributed by atoms with E-state index in [9.17, 15) is 5.11 Å². The molecule has 0 aliphatic rings. The van der Waals surface area contributed by atoms with E-state index < -0.39 is 6.10 Å². The summed E-state index contributed by atoms with van der Waals surface area (Å²) in [7, 11) is 0. The number of aliphatic hydroxyl groups excluding tert-OH is 1. The fraction of sp³-hybridized carbons (Fsp3) is 0.231. The van der Waals surface area contributed by atoms with E-state index in [2.05, 4.69) is 0 Å². The van der Waals surface area contributed by atoms with Gasteiger partial charge < -0.3 is 10.8 Å². The third kappa shape index (κ3) is 2.87. The molecule has 0 bridgehead atoms. The molecule has 5 heteroatoms. The molecule has 2 atom stereocenters. The predicted molar refractivity (Wildman–Crippen MR) is 77.5 cm³/mol. The molecule has 18 heavy (non-hydrogen) atoms. The number of rotatable bonds is 4. The number of aliphatic hydroxyl groups is 1. The zero-order valence-electron chi connectivity index (χ0n) is 9.51.